The van der Waals surface area contributed by atoms with Crippen LogP contribution in [0.3, 0.4) is 0 Å². The maximum Gasteiger partial charge on any atom is 0.292 e. The number of hydrogen-bond donors (Lipinski definition) is 1. The first-order valence-corrected chi connectivity index (χ1v) is 12.4. The molecule has 5 heteroatoms. The fourth-order valence-electron chi connectivity index (χ4n) is 4.90. The quantitative estimate of drug-likeness (QED) is 0.196. The van der Waals surface area contributed by atoms with E-state index in [1.165, 1.54) is 0 Å². The Bertz CT molecular complexity index is 1440. The van der Waals surface area contributed by atoms with Crippen LogP contribution in [0.4, 0.5) is 11.4 Å². The van der Waals surface area contributed by atoms with Gasteiger partial charge in [0.05, 0.1) is 17.0 Å². The lowest BCUT2D eigenvalue weighted by molar-refractivity contribution is -0.427. The van der Waals surface area contributed by atoms with Crippen LogP contribution in [0.25, 0.3) is 0 Å². The summed E-state index contributed by atoms with van der Waals surface area (Å²) in [6.07, 6.45) is 1.24. The second-order valence-electron chi connectivity index (χ2n) is 9.00. The lowest BCUT2D eigenvalue weighted by Crippen LogP contribution is -2.25. The summed E-state index contributed by atoms with van der Waals surface area (Å²) in [5.74, 6) is 0. The molecule has 0 bridgehead atoms. The minimum atomic E-state index is -0.776. The molecule has 0 aromatic heterocycles. The van der Waals surface area contributed by atoms with E-state index in [0.717, 1.165) is 22.3 Å². The Kier molecular flexibility index (Phi) is 7.47. The highest BCUT2D eigenvalue weighted by Gasteiger charge is 2.34. The standard InChI is InChI=1S/C32H29N4O/c1-3-31(23-33,25-11-7-5-8-12-25)27-15-19-29(20-16-27)35-36(37)30-21-17-28(18-22-30)32(4-2,24-34)26-13-9-6-10-14-26/h5-22H,3-4H2,1-2H3,(H,35,37)/q+1/t31-,32+/m0/s1. The van der Waals surface area contributed by atoms with Crippen molar-refractivity contribution in [1.82, 2.24) is 0 Å². The van der Waals surface area contributed by atoms with Gasteiger partial charge in [0.25, 0.3) is 5.69 Å². The molecule has 0 spiro atoms. The van der Waals surface area contributed by atoms with Gasteiger partial charge in [-0.15, -0.1) is 5.43 Å². The molecule has 0 aliphatic heterocycles. The zero-order valence-electron chi connectivity index (χ0n) is 21.1. The minimum Gasteiger partial charge on any atom is -0.197 e. The minimum absolute atomic E-state index is 0.424. The van der Waals surface area contributed by atoms with Crippen LogP contribution in [0.5, 0.6) is 0 Å². The van der Waals surface area contributed by atoms with Crippen molar-refractivity contribution in [3.8, 4) is 12.1 Å². The molecule has 0 unspecified atom stereocenters. The van der Waals surface area contributed by atoms with E-state index in [1.807, 2.05) is 111 Å². The van der Waals surface area contributed by atoms with Crippen molar-refractivity contribution in [2.75, 3.05) is 5.43 Å². The highest BCUT2D eigenvalue weighted by molar-refractivity contribution is 5.52. The maximum atomic E-state index is 12.9. The van der Waals surface area contributed by atoms with E-state index in [9.17, 15) is 15.4 Å². The molecule has 0 aliphatic carbocycles. The summed E-state index contributed by atoms with van der Waals surface area (Å²) in [6, 6.07) is 39.0. The van der Waals surface area contributed by atoms with Crippen LogP contribution in [0.2, 0.25) is 0 Å². The smallest absolute Gasteiger partial charge is 0.197 e. The van der Waals surface area contributed by atoms with E-state index in [4.69, 9.17) is 0 Å². The number of anilines is 1. The van der Waals surface area contributed by atoms with Crippen molar-refractivity contribution in [3.05, 3.63) is 136 Å². The topological polar surface area (TPSA) is 79.7 Å². The van der Waals surface area contributed by atoms with E-state index in [2.05, 4.69) is 17.6 Å². The molecule has 4 rings (SSSR count). The third-order valence-corrected chi connectivity index (χ3v) is 7.18. The number of nitriles is 2. The summed E-state index contributed by atoms with van der Waals surface area (Å²) < 4.78 is 0. The zero-order valence-corrected chi connectivity index (χ0v) is 21.1. The average molecular weight is 486 g/mol. The molecule has 2 atom stereocenters. The van der Waals surface area contributed by atoms with Crippen LogP contribution in [-0.2, 0) is 10.8 Å². The highest BCUT2D eigenvalue weighted by atomic mass is 16.3. The van der Waals surface area contributed by atoms with Gasteiger partial charge < -0.3 is 0 Å². The third kappa shape index (κ3) is 4.73. The van der Waals surface area contributed by atoms with Gasteiger partial charge in [0.1, 0.15) is 16.5 Å². The Labute approximate surface area is 218 Å². The molecule has 5 nitrogen and oxygen atoms in total. The second-order valence-corrected chi connectivity index (χ2v) is 9.00. The molecule has 182 valence electrons. The summed E-state index contributed by atoms with van der Waals surface area (Å²) in [5.41, 5.74) is 5.97. The summed E-state index contributed by atoms with van der Waals surface area (Å²) in [5, 5.41) is 20.2. The van der Waals surface area contributed by atoms with Gasteiger partial charge in [-0.05, 0) is 47.2 Å². The van der Waals surface area contributed by atoms with Crippen molar-refractivity contribution in [3.63, 3.8) is 0 Å². The van der Waals surface area contributed by atoms with Crippen molar-refractivity contribution < 1.29 is 4.87 Å². The van der Waals surface area contributed by atoms with Gasteiger partial charge in [0, 0.05) is 12.1 Å². The summed E-state index contributed by atoms with van der Waals surface area (Å²) >= 11 is 0. The van der Waals surface area contributed by atoms with Crippen LogP contribution in [0.1, 0.15) is 48.9 Å². The number of nitroso groups, excluding NO2 is 1. The number of rotatable bonds is 9. The Morgan fingerprint density at radius 2 is 1.00 bits per heavy atom. The van der Waals surface area contributed by atoms with Crippen LogP contribution in [0.15, 0.2) is 109 Å². The molecule has 0 amide bonds. The Morgan fingerprint density at radius 3 is 1.38 bits per heavy atom. The van der Waals surface area contributed by atoms with Crippen molar-refractivity contribution in [2.45, 2.75) is 37.5 Å². The van der Waals surface area contributed by atoms with E-state index in [-0.39, 0.29) is 0 Å². The molecule has 37 heavy (non-hydrogen) atoms. The normalized spacial score (nSPS) is 13.8. The third-order valence-electron chi connectivity index (χ3n) is 7.18. The first kappa shape index (κ1) is 25.4. The van der Waals surface area contributed by atoms with Gasteiger partial charge in [-0.2, -0.15) is 10.5 Å². The van der Waals surface area contributed by atoms with Crippen LogP contribution < -0.4 is 5.43 Å². The molecule has 0 aliphatic rings. The van der Waals surface area contributed by atoms with Crippen molar-refractivity contribution in [1.29, 1.82) is 10.5 Å². The fourth-order valence-corrected chi connectivity index (χ4v) is 4.90. The van der Waals surface area contributed by atoms with Gasteiger partial charge in [-0.1, -0.05) is 98.8 Å². The molecule has 4 aromatic rings. The molecule has 0 fully saturated rings. The van der Waals surface area contributed by atoms with E-state index >= 15 is 0 Å². The largest absolute Gasteiger partial charge is 0.292 e. The van der Waals surface area contributed by atoms with Crippen LogP contribution in [0, 0.1) is 27.6 Å². The molecule has 0 saturated carbocycles. The van der Waals surface area contributed by atoms with E-state index < -0.39 is 10.8 Å². The lowest BCUT2D eigenvalue weighted by Gasteiger charge is -2.26. The maximum absolute atomic E-state index is 12.9. The van der Waals surface area contributed by atoms with Gasteiger partial charge in [0.2, 0.25) is 0 Å². The Morgan fingerprint density at radius 1 is 0.622 bits per heavy atom. The summed E-state index contributed by atoms with van der Waals surface area (Å²) in [4.78, 5) is 13.6. The SMILES string of the molecule is CC[C@@](C#N)(c1ccccc1)c1ccc([N+](=O)Nc2ccc([C@](C#N)(CC)c3ccccc3)cc2)cc1. The predicted molar refractivity (Wildman–Crippen MR) is 146 cm³/mol. The van der Waals surface area contributed by atoms with Gasteiger partial charge in [0.15, 0.2) is 4.87 Å². The molecular formula is C32H29N4O+. The average Bonchev–Trinajstić information content (AvgIpc) is 2.97. The number of nitrogens with one attached hydrogen (secondary N) is 1. The van der Waals surface area contributed by atoms with Gasteiger partial charge in [-0.3, -0.25) is 0 Å². The van der Waals surface area contributed by atoms with Crippen LogP contribution >= 0.6 is 0 Å². The first-order valence-electron chi connectivity index (χ1n) is 12.4. The van der Waals surface area contributed by atoms with Crippen LogP contribution in [-0.4, -0.2) is 4.87 Å². The number of hydrogen-bond acceptors (Lipinski definition) is 3. The van der Waals surface area contributed by atoms with E-state index in [1.54, 1.807) is 12.1 Å². The number of nitrogens with zero attached hydrogens (tertiary/aromatic N) is 3. The highest BCUT2D eigenvalue weighted by Crippen LogP contribution is 2.37. The Hall–Kier alpha value is -4.74. The first-order chi connectivity index (χ1) is 18.0. The molecule has 0 radical (unpaired) electrons. The monoisotopic (exact) mass is 485 g/mol. The zero-order chi connectivity index (χ0) is 26.3. The van der Waals surface area contributed by atoms with Gasteiger partial charge in [-0.25, -0.2) is 0 Å². The molecule has 1 N–H and O–H groups in total. The fraction of sp³-hybridized carbons (Fsp3) is 0.188. The van der Waals surface area contributed by atoms with Gasteiger partial charge >= 0.3 is 0 Å². The molecule has 0 heterocycles. The molecular weight excluding hydrogens is 456 g/mol. The number of hydrazine groups is 1. The number of benzene rings is 4. The Balaban J connectivity index is 1.54. The summed E-state index contributed by atoms with van der Waals surface area (Å²) in [6.45, 7) is 4.00. The second kappa shape index (κ2) is 10.9. The molecule has 4 aromatic carbocycles. The van der Waals surface area contributed by atoms with Crippen molar-refractivity contribution >= 4 is 11.4 Å². The molecule has 0 saturated heterocycles. The van der Waals surface area contributed by atoms with Crippen molar-refractivity contribution in [2.24, 2.45) is 0 Å². The lowest BCUT2D eigenvalue weighted by atomic mass is 9.74. The summed E-state index contributed by atoms with van der Waals surface area (Å²) in [7, 11) is 0. The predicted octanol–water partition coefficient (Wildman–Crippen LogP) is 7.56. The van der Waals surface area contributed by atoms with E-state index in [0.29, 0.717) is 29.1 Å².